The first-order valence-corrected chi connectivity index (χ1v) is 6.10. The van der Waals surface area contributed by atoms with Crippen LogP contribution in [0.25, 0.3) is 0 Å². The molecule has 1 unspecified atom stereocenters. The molecule has 0 saturated carbocycles. The third-order valence-electron chi connectivity index (χ3n) is 3.22. The van der Waals surface area contributed by atoms with Crippen LogP contribution in [0.5, 0.6) is 0 Å². The van der Waals surface area contributed by atoms with Crippen molar-refractivity contribution in [3.05, 3.63) is 35.4 Å². The second-order valence-corrected chi connectivity index (χ2v) is 5.18. The van der Waals surface area contributed by atoms with Gasteiger partial charge in [-0.15, -0.1) is 0 Å². The lowest BCUT2D eigenvalue weighted by molar-refractivity contribution is -0.0996. The van der Waals surface area contributed by atoms with Crippen LogP contribution in [0.2, 0.25) is 0 Å². The Morgan fingerprint density at radius 3 is 2.61 bits per heavy atom. The molecule has 1 aliphatic heterocycles. The van der Waals surface area contributed by atoms with Crippen molar-refractivity contribution in [1.29, 1.82) is 5.26 Å². The van der Waals surface area contributed by atoms with E-state index in [0.29, 0.717) is 12.1 Å². The van der Waals surface area contributed by atoms with E-state index >= 15 is 0 Å². The Kier molecular flexibility index (Phi) is 3.97. The summed E-state index contributed by atoms with van der Waals surface area (Å²) < 4.78 is 5.17. The van der Waals surface area contributed by atoms with Gasteiger partial charge in [-0.1, -0.05) is 19.1 Å². The summed E-state index contributed by atoms with van der Waals surface area (Å²) in [6, 6.07) is 9.09. The third-order valence-corrected chi connectivity index (χ3v) is 3.22. The van der Waals surface area contributed by atoms with Crippen molar-refractivity contribution in [3.8, 4) is 6.07 Å². The molecule has 1 aromatic carbocycles. The van der Waals surface area contributed by atoms with Gasteiger partial charge in [-0.05, 0) is 17.7 Å². The van der Waals surface area contributed by atoms with Gasteiger partial charge in [0.15, 0.2) is 0 Å². The second kappa shape index (κ2) is 5.49. The van der Waals surface area contributed by atoms with Crippen molar-refractivity contribution in [2.75, 3.05) is 26.3 Å². The van der Waals surface area contributed by atoms with Crippen molar-refractivity contribution in [3.63, 3.8) is 0 Å². The number of benzene rings is 1. The quantitative estimate of drug-likeness (QED) is 0.820. The maximum absolute atomic E-state index is 10.00. The van der Waals surface area contributed by atoms with Crippen LogP contribution in [0.1, 0.15) is 24.2 Å². The molecule has 0 spiro atoms. The number of nitrogens with one attached hydrogen (secondary N) is 1. The Morgan fingerprint density at radius 1 is 1.44 bits per heavy atom. The van der Waals surface area contributed by atoms with Crippen molar-refractivity contribution in [2.24, 2.45) is 5.41 Å². The van der Waals surface area contributed by atoms with Crippen LogP contribution in [0.3, 0.4) is 0 Å². The Labute approximate surface area is 107 Å². The molecule has 1 heterocycles. The SMILES string of the molecule is CC1(CNCC(O)c2ccc(C#N)cc2)COC1. The molecule has 1 aromatic rings. The number of aliphatic hydroxyl groups is 1. The van der Waals surface area contributed by atoms with Crippen molar-refractivity contribution in [2.45, 2.75) is 13.0 Å². The Balaban J connectivity index is 1.80. The number of ether oxygens (including phenoxy) is 1. The van der Waals surface area contributed by atoms with Crippen molar-refractivity contribution >= 4 is 0 Å². The molecule has 18 heavy (non-hydrogen) atoms. The van der Waals surface area contributed by atoms with Gasteiger partial charge < -0.3 is 15.2 Å². The second-order valence-electron chi connectivity index (χ2n) is 5.18. The lowest BCUT2D eigenvalue weighted by Gasteiger charge is -2.38. The largest absolute Gasteiger partial charge is 0.387 e. The molecule has 1 saturated heterocycles. The summed E-state index contributed by atoms with van der Waals surface area (Å²) in [5.74, 6) is 0. The third kappa shape index (κ3) is 3.08. The van der Waals surface area contributed by atoms with Crippen LogP contribution in [0, 0.1) is 16.7 Å². The minimum absolute atomic E-state index is 0.213. The molecule has 96 valence electrons. The van der Waals surface area contributed by atoms with E-state index in [9.17, 15) is 5.11 Å². The fraction of sp³-hybridized carbons (Fsp3) is 0.500. The normalized spacial score (nSPS) is 18.7. The van der Waals surface area contributed by atoms with E-state index in [2.05, 4.69) is 18.3 Å². The van der Waals surface area contributed by atoms with Crippen LogP contribution >= 0.6 is 0 Å². The van der Waals surface area contributed by atoms with E-state index in [1.54, 1.807) is 24.3 Å². The van der Waals surface area contributed by atoms with Crippen LogP contribution < -0.4 is 5.32 Å². The average molecular weight is 246 g/mol. The Hall–Kier alpha value is -1.41. The minimum atomic E-state index is -0.540. The fourth-order valence-corrected chi connectivity index (χ4v) is 1.96. The molecule has 0 aliphatic carbocycles. The molecule has 1 fully saturated rings. The van der Waals surface area contributed by atoms with E-state index in [-0.39, 0.29) is 5.41 Å². The summed E-state index contributed by atoms with van der Waals surface area (Å²) in [6.45, 7) is 5.10. The molecule has 1 atom stereocenters. The topological polar surface area (TPSA) is 65.3 Å². The number of hydrogen-bond acceptors (Lipinski definition) is 4. The molecular formula is C14H18N2O2. The molecule has 2 rings (SSSR count). The summed E-state index contributed by atoms with van der Waals surface area (Å²) in [5.41, 5.74) is 1.65. The van der Waals surface area contributed by atoms with Gasteiger partial charge in [-0.25, -0.2) is 0 Å². The number of hydrogen-bond donors (Lipinski definition) is 2. The molecule has 2 N–H and O–H groups in total. The van der Waals surface area contributed by atoms with Gasteiger partial charge in [-0.2, -0.15) is 5.26 Å². The summed E-state index contributed by atoms with van der Waals surface area (Å²) in [6.07, 6.45) is -0.540. The summed E-state index contributed by atoms with van der Waals surface area (Å²) in [5, 5.41) is 21.9. The molecule has 0 aromatic heterocycles. The highest BCUT2D eigenvalue weighted by Crippen LogP contribution is 2.25. The van der Waals surface area contributed by atoms with Crippen LogP contribution in [-0.2, 0) is 4.74 Å². The standard InChI is InChI=1S/C14H18N2O2/c1-14(9-18-10-14)8-16-7-13(17)12-4-2-11(6-15)3-5-12/h2-5,13,16-17H,7-10H2,1H3. The maximum Gasteiger partial charge on any atom is 0.0991 e. The smallest absolute Gasteiger partial charge is 0.0991 e. The highest BCUT2D eigenvalue weighted by Gasteiger charge is 2.32. The zero-order chi connectivity index (χ0) is 13.0. The number of nitriles is 1. The molecule has 0 amide bonds. The monoisotopic (exact) mass is 246 g/mol. The summed E-state index contributed by atoms with van der Waals surface area (Å²) in [7, 11) is 0. The van der Waals surface area contributed by atoms with Gasteiger partial charge in [0, 0.05) is 18.5 Å². The molecule has 1 aliphatic rings. The highest BCUT2D eigenvalue weighted by atomic mass is 16.5. The summed E-state index contributed by atoms with van der Waals surface area (Å²) >= 11 is 0. The first kappa shape index (κ1) is 13.0. The molecule has 4 nitrogen and oxygen atoms in total. The predicted molar refractivity (Wildman–Crippen MR) is 67.9 cm³/mol. The first-order valence-electron chi connectivity index (χ1n) is 6.10. The molecule has 0 radical (unpaired) electrons. The van der Waals surface area contributed by atoms with E-state index in [4.69, 9.17) is 10.00 Å². The predicted octanol–water partition coefficient (Wildman–Crippen LogP) is 1.22. The van der Waals surface area contributed by atoms with E-state index in [1.807, 2.05) is 0 Å². The van der Waals surface area contributed by atoms with E-state index in [1.165, 1.54) is 0 Å². The fourth-order valence-electron chi connectivity index (χ4n) is 1.96. The zero-order valence-corrected chi connectivity index (χ0v) is 10.5. The van der Waals surface area contributed by atoms with E-state index in [0.717, 1.165) is 25.3 Å². The van der Waals surface area contributed by atoms with Gasteiger partial charge >= 0.3 is 0 Å². The lowest BCUT2D eigenvalue weighted by Crippen LogP contribution is -2.47. The lowest BCUT2D eigenvalue weighted by atomic mass is 9.88. The molecular weight excluding hydrogens is 228 g/mol. The summed E-state index contributed by atoms with van der Waals surface area (Å²) in [4.78, 5) is 0. The van der Waals surface area contributed by atoms with Crippen LogP contribution in [-0.4, -0.2) is 31.4 Å². The number of aliphatic hydroxyl groups excluding tert-OH is 1. The minimum Gasteiger partial charge on any atom is -0.387 e. The number of nitrogens with zero attached hydrogens (tertiary/aromatic N) is 1. The van der Waals surface area contributed by atoms with Gasteiger partial charge in [0.25, 0.3) is 0 Å². The van der Waals surface area contributed by atoms with Crippen LogP contribution in [0.4, 0.5) is 0 Å². The Bertz CT molecular complexity index is 432. The van der Waals surface area contributed by atoms with Crippen molar-refractivity contribution in [1.82, 2.24) is 5.32 Å². The molecule has 0 bridgehead atoms. The highest BCUT2D eigenvalue weighted by molar-refractivity contribution is 5.32. The Morgan fingerprint density at radius 2 is 2.11 bits per heavy atom. The van der Waals surface area contributed by atoms with Crippen molar-refractivity contribution < 1.29 is 9.84 Å². The molecule has 4 heteroatoms. The number of rotatable bonds is 5. The first-order chi connectivity index (χ1) is 8.63. The van der Waals surface area contributed by atoms with Crippen LogP contribution in [0.15, 0.2) is 24.3 Å². The average Bonchev–Trinajstić information content (AvgIpc) is 2.36. The van der Waals surface area contributed by atoms with Gasteiger partial charge in [-0.3, -0.25) is 0 Å². The van der Waals surface area contributed by atoms with Gasteiger partial charge in [0.2, 0.25) is 0 Å². The maximum atomic E-state index is 10.00. The zero-order valence-electron chi connectivity index (χ0n) is 10.5. The van der Waals surface area contributed by atoms with Gasteiger partial charge in [0.05, 0.1) is 31.0 Å². The van der Waals surface area contributed by atoms with Gasteiger partial charge in [0.1, 0.15) is 0 Å². The van der Waals surface area contributed by atoms with E-state index < -0.39 is 6.10 Å².